The number of rotatable bonds is 6. The first-order chi connectivity index (χ1) is 10.5. The minimum absolute atomic E-state index is 0.134. The van der Waals surface area contributed by atoms with Crippen molar-refractivity contribution in [3.8, 4) is 11.3 Å². The highest BCUT2D eigenvalue weighted by molar-refractivity contribution is 5.95. The van der Waals surface area contributed by atoms with Crippen LogP contribution in [0.2, 0.25) is 0 Å². The van der Waals surface area contributed by atoms with Gasteiger partial charge in [-0.1, -0.05) is 50.6 Å². The second kappa shape index (κ2) is 6.93. The molecule has 1 amide bonds. The summed E-state index contributed by atoms with van der Waals surface area (Å²) in [5, 5.41) is 11.8. The number of hydrogen-bond donors (Lipinski definition) is 3. The van der Waals surface area contributed by atoms with E-state index in [1.54, 1.807) is 6.07 Å². The summed E-state index contributed by atoms with van der Waals surface area (Å²) in [6, 6.07) is 12.2. The normalized spacial score (nSPS) is 13.4. The fourth-order valence-corrected chi connectivity index (χ4v) is 2.22. The molecule has 1 aromatic carbocycles. The fraction of sp³-hybridized carbons (Fsp3) is 0.294. The number of aromatic amines is 1. The molecule has 2 atom stereocenters. The zero-order valence-electron chi connectivity index (χ0n) is 12.7. The van der Waals surface area contributed by atoms with Crippen LogP contribution in [0.3, 0.4) is 0 Å². The molecule has 22 heavy (non-hydrogen) atoms. The first kappa shape index (κ1) is 15.8. The Morgan fingerprint density at radius 1 is 1.18 bits per heavy atom. The van der Waals surface area contributed by atoms with Gasteiger partial charge in [0.2, 0.25) is 0 Å². The molecule has 0 fully saturated rings. The fourth-order valence-electron chi connectivity index (χ4n) is 2.22. The molecular formula is C17H20N2O3. The van der Waals surface area contributed by atoms with Crippen LogP contribution in [-0.2, 0) is 4.79 Å². The average Bonchev–Trinajstić information content (AvgIpc) is 3.02. The Balaban J connectivity index is 2.13. The lowest BCUT2D eigenvalue weighted by molar-refractivity contribution is -0.140. The van der Waals surface area contributed by atoms with Crippen LogP contribution in [0.4, 0.5) is 0 Å². The van der Waals surface area contributed by atoms with E-state index in [0.29, 0.717) is 12.1 Å². The maximum Gasteiger partial charge on any atom is 0.326 e. The van der Waals surface area contributed by atoms with Crippen LogP contribution in [0.25, 0.3) is 11.3 Å². The van der Waals surface area contributed by atoms with Crippen molar-refractivity contribution in [1.82, 2.24) is 10.3 Å². The van der Waals surface area contributed by atoms with E-state index >= 15 is 0 Å². The molecular weight excluding hydrogens is 280 g/mol. The summed E-state index contributed by atoms with van der Waals surface area (Å²) in [7, 11) is 0. The van der Waals surface area contributed by atoms with Gasteiger partial charge in [-0.2, -0.15) is 0 Å². The van der Waals surface area contributed by atoms with Crippen LogP contribution in [0.15, 0.2) is 42.5 Å². The first-order valence-electron chi connectivity index (χ1n) is 7.31. The molecule has 1 aromatic heterocycles. The van der Waals surface area contributed by atoms with Crippen LogP contribution >= 0.6 is 0 Å². The quantitative estimate of drug-likeness (QED) is 0.767. The molecule has 0 aliphatic carbocycles. The number of aromatic nitrogens is 1. The van der Waals surface area contributed by atoms with E-state index in [0.717, 1.165) is 11.3 Å². The standard InChI is InChI=1S/C17H20N2O3/c1-3-11(2)15(17(21)22)19-16(20)14-10-9-13(18-14)12-7-5-4-6-8-12/h4-11,15,18H,3H2,1-2H3,(H,19,20)(H,21,22)/t11-,15-/m0/s1. The number of aliphatic carboxylic acids is 1. The molecule has 0 radical (unpaired) electrons. The van der Waals surface area contributed by atoms with E-state index in [2.05, 4.69) is 10.3 Å². The SMILES string of the molecule is CC[C@H](C)[C@H](NC(=O)c1ccc(-c2ccccc2)[nH]1)C(=O)O. The molecule has 116 valence electrons. The number of carbonyl (C=O) groups excluding carboxylic acids is 1. The number of carboxylic acid groups (broad SMARTS) is 1. The lowest BCUT2D eigenvalue weighted by Gasteiger charge is -2.19. The van der Waals surface area contributed by atoms with Gasteiger partial charge < -0.3 is 15.4 Å². The monoisotopic (exact) mass is 300 g/mol. The third kappa shape index (κ3) is 3.55. The highest BCUT2D eigenvalue weighted by atomic mass is 16.4. The highest BCUT2D eigenvalue weighted by Crippen LogP contribution is 2.18. The van der Waals surface area contributed by atoms with Gasteiger partial charge in [0.15, 0.2) is 0 Å². The van der Waals surface area contributed by atoms with Crippen molar-refractivity contribution in [2.45, 2.75) is 26.3 Å². The Morgan fingerprint density at radius 3 is 2.45 bits per heavy atom. The number of nitrogens with one attached hydrogen (secondary N) is 2. The van der Waals surface area contributed by atoms with Crippen LogP contribution in [0.1, 0.15) is 30.8 Å². The summed E-state index contributed by atoms with van der Waals surface area (Å²) >= 11 is 0. The second-order valence-electron chi connectivity index (χ2n) is 5.33. The predicted molar refractivity (Wildman–Crippen MR) is 84.6 cm³/mol. The first-order valence-corrected chi connectivity index (χ1v) is 7.31. The van der Waals surface area contributed by atoms with Crippen molar-refractivity contribution in [3.05, 3.63) is 48.2 Å². The van der Waals surface area contributed by atoms with Gasteiger partial charge in [0.25, 0.3) is 5.91 Å². The van der Waals surface area contributed by atoms with Crippen LogP contribution in [0, 0.1) is 5.92 Å². The minimum Gasteiger partial charge on any atom is -0.480 e. The van der Waals surface area contributed by atoms with Gasteiger partial charge in [0.1, 0.15) is 11.7 Å². The molecule has 0 unspecified atom stereocenters. The van der Waals surface area contributed by atoms with Crippen molar-refractivity contribution in [3.63, 3.8) is 0 Å². The number of benzene rings is 1. The van der Waals surface area contributed by atoms with Crippen molar-refractivity contribution in [1.29, 1.82) is 0 Å². The van der Waals surface area contributed by atoms with Crippen LogP contribution in [-0.4, -0.2) is 28.0 Å². The molecule has 3 N–H and O–H groups in total. The third-order valence-electron chi connectivity index (χ3n) is 3.78. The molecule has 0 aliphatic heterocycles. The molecule has 5 heteroatoms. The number of carbonyl (C=O) groups is 2. The Morgan fingerprint density at radius 2 is 1.86 bits per heavy atom. The lowest BCUT2D eigenvalue weighted by atomic mass is 9.99. The summed E-state index contributed by atoms with van der Waals surface area (Å²) in [5.41, 5.74) is 2.15. The van der Waals surface area contributed by atoms with E-state index in [4.69, 9.17) is 0 Å². The van der Waals surface area contributed by atoms with Crippen molar-refractivity contribution >= 4 is 11.9 Å². The number of carboxylic acids is 1. The Labute approximate surface area is 129 Å². The Kier molecular flexibility index (Phi) is 4.99. The summed E-state index contributed by atoms with van der Waals surface area (Å²) in [4.78, 5) is 26.5. The number of hydrogen-bond acceptors (Lipinski definition) is 2. The van der Waals surface area contributed by atoms with Crippen LogP contribution < -0.4 is 5.32 Å². The maximum absolute atomic E-state index is 12.2. The van der Waals surface area contributed by atoms with Gasteiger partial charge in [-0.15, -0.1) is 0 Å². The van der Waals surface area contributed by atoms with Gasteiger partial charge in [-0.05, 0) is 23.6 Å². The number of H-pyrrole nitrogens is 1. The van der Waals surface area contributed by atoms with E-state index in [1.165, 1.54) is 0 Å². The summed E-state index contributed by atoms with van der Waals surface area (Å²) in [5.74, 6) is -1.56. The smallest absolute Gasteiger partial charge is 0.326 e. The van der Waals surface area contributed by atoms with Gasteiger partial charge in [-0.25, -0.2) is 4.79 Å². The van der Waals surface area contributed by atoms with E-state index < -0.39 is 17.9 Å². The molecule has 0 bridgehead atoms. The molecule has 2 rings (SSSR count). The largest absolute Gasteiger partial charge is 0.480 e. The van der Waals surface area contributed by atoms with Gasteiger partial charge in [0, 0.05) is 5.69 Å². The van der Waals surface area contributed by atoms with Crippen molar-refractivity contribution in [2.24, 2.45) is 5.92 Å². The molecule has 0 aliphatic rings. The molecule has 0 spiro atoms. The topological polar surface area (TPSA) is 82.2 Å². The summed E-state index contributed by atoms with van der Waals surface area (Å²) < 4.78 is 0. The van der Waals surface area contributed by atoms with Gasteiger partial charge >= 0.3 is 5.97 Å². The summed E-state index contributed by atoms with van der Waals surface area (Å²) in [6.07, 6.45) is 0.678. The van der Waals surface area contributed by atoms with Gasteiger partial charge in [-0.3, -0.25) is 4.79 Å². The molecule has 1 heterocycles. The molecule has 0 saturated carbocycles. The van der Waals surface area contributed by atoms with Crippen molar-refractivity contribution < 1.29 is 14.7 Å². The van der Waals surface area contributed by atoms with Gasteiger partial charge in [0.05, 0.1) is 0 Å². The Hall–Kier alpha value is -2.56. The Bertz CT molecular complexity index is 649. The molecule has 5 nitrogen and oxygen atoms in total. The zero-order chi connectivity index (χ0) is 16.1. The number of amides is 1. The van der Waals surface area contributed by atoms with Crippen molar-refractivity contribution in [2.75, 3.05) is 0 Å². The maximum atomic E-state index is 12.2. The summed E-state index contributed by atoms with van der Waals surface area (Å²) in [6.45, 7) is 3.71. The van der Waals surface area contributed by atoms with E-state index in [1.807, 2.05) is 50.2 Å². The molecule has 2 aromatic rings. The predicted octanol–water partition coefficient (Wildman–Crippen LogP) is 2.91. The zero-order valence-corrected chi connectivity index (χ0v) is 12.7. The minimum atomic E-state index is -1.02. The van der Waals surface area contributed by atoms with E-state index in [-0.39, 0.29) is 5.92 Å². The lowest BCUT2D eigenvalue weighted by Crippen LogP contribution is -2.45. The van der Waals surface area contributed by atoms with Crippen LogP contribution in [0.5, 0.6) is 0 Å². The second-order valence-corrected chi connectivity index (χ2v) is 5.33. The molecule has 0 saturated heterocycles. The third-order valence-corrected chi connectivity index (χ3v) is 3.78. The average molecular weight is 300 g/mol. The van der Waals surface area contributed by atoms with E-state index in [9.17, 15) is 14.7 Å². The highest BCUT2D eigenvalue weighted by Gasteiger charge is 2.26.